The van der Waals surface area contributed by atoms with Crippen LogP contribution in [0.25, 0.3) is 0 Å². The maximum atomic E-state index is 13.1. The predicted octanol–water partition coefficient (Wildman–Crippen LogP) is 0.227. The minimum Gasteiger partial charge on any atom is -0.467 e. The van der Waals surface area contributed by atoms with Gasteiger partial charge in [-0.1, -0.05) is 0 Å². The van der Waals surface area contributed by atoms with Gasteiger partial charge in [0.15, 0.2) is 0 Å². The highest BCUT2D eigenvalue weighted by atomic mass is 16.5. The lowest BCUT2D eigenvalue weighted by atomic mass is 9.72. The number of hydrogen-bond donors (Lipinski definition) is 0. The van der Waals surface area contributed by atoms with Crippen molar-refractivity contribution in [2.24, 2.45) is 18.9 Å². The van der Waals surface area contributed by atoms with Crippen molar-refractivity contribution in [3.8, 4) is 6.01 Å². The van der Waals surface area contributed by atoms with E-state index in [2.05, 4.69) is 19.9 Å². The predicted molar refractivity (Wildman–Crippen MR) is 102 cm³/mol. The number of hydrogen-bond acceptors (Lipinski definition) is 6. The summed E-state index contributed by atoms with van der Waals surface area (Å²) in [6, 6.07) is 0.727. The first-order valence-corrected chi connectivity index (χ1v) is 10.1. The molecule has 4 heterocycles. The zero-order valence-corrected chi connectivity index (χ0v) is 17.2. The average Bonchev–Trinajstić information content (AvgIpc) is 3.05. The second-order valence-corrected chi connectivity index (χ2v) is 8.60. The van der Waals surface area contributed by atoms with Gasteiger partial charge in [0.05, 0.1) is 7.11 Å². The number of likely N-dealkylation sites (N-methyl/N-ethyl adjacent to an activating group) is 1. The van der Waals surface area contributed by atoms with E-state index in [9.17, 15) is 9.59 Å². The Kier molecular flexibility index (Phi) is 5.03. The molecular formula is C19H30N6O3. The monoisotopic (exact) mass is 390 g/mol. The summed E-state index contributed by atoms with van der Waals surface area (Å²) in [5.74, 6) is 0.937. The minimum atomic E-state index is -0.146. The number of piperidine rings is 3. The molecule has 2 amide bonds. The zero-order chi connectivity index (χ0) is 20.0. The van der Waals surface area contributed by atoms with Gasteiger partial charge >= 0.3 is 6.01 Å². The Balaban J connectivity index is 1.59. The Morgan fingerprint density at radius 1 is 1.29 bits per heavy atom. The van der Waals surface area contributed by atoms with Crippen LogP contribution < -0.4 is 4.74 Å². The minimum absolute atomic E-state index is 0.146. The van der Waals surface area contributed by atoms with E-state index in [0.717, 1.165) is 25.8 Å². The molecule has 0 unspecified atom stereocenters. The Hall–Kier alpha value is -2.16. The molecule has 0 N–H and O–H groups in total. The Bertz CT molecular complexity index is 763. The van der Waals surface area contributed by atoms with E-state index < -0.39 is 0 Å². The van der Waals surface area contributed by atoms with Gasteiger partial charge in [-0.2, -0.15) is 4.98 Å². The lowest BCUT2D eigenvalue weighted by Gasteiger charge is -2.57. The fourth-order valence-corrected chi connectivity index (χ4v) is 5.33. The number of methoxy groups -OCH3 is 1. The second-order valence-electron chi connectivity index (χ2n) is 8.60. The normalized spacial score (nSPS) is 29.8. The Morgan fingerprint density at radius 2 is 2.04 bits per heavy atom. The van der Waals surface area contributed by atoms with E-state index in [0.29, 0.717) is 31.4 Å². The van der Waals surface area contributed by atoms with Crippen LogP contribution in [0.3, 0.4) is 0 Å². The third-order valence-corrected chi connectivity index (χ3v) is 6.43. The van der Waals surface area contributed by atoms with Crippen LogP contribution in [0.4, 0.5) is 0 Å². The summed E-state index contributed by atoms with van der Waals surface area (Å²) in [6.07, 6.45) is 3.71. The SMILES string of the molecule is COc1nc(C(=O)N2C[C@H]3C[C@@H](C2)[C@H](CN(C)C)N2C(=O)CCC[C@@H]32)nn1C. The van der Waals surface area contributed by atoms with E-state index in [1.807, 2.05) is 19.0 Å². The molecule has 0 saturated carbocycles. The van der Waals surface area contributed by atoms with Crippen molar-refractivity contribution >= 4 is 11.8 Å². The van der Waals surface area contributed by atoms with Crippen LogP contribution in [0.2, 0.25) is 0 Å². The van der Waals surface area contributed by atoms with Gasteiger partial charge in [-0.15, -0.1) is 5.10 Å². The van der Waals surface area contributed by atoms with E-state index in [4.69, 9.17) is 4.74 Å². The molecular weight excluding hydrogens is 360 g/mol. The molecule has 0 spiro atoms. The molecule has 9 nitrogen and oxygen atoms in total. The fraction of sp³-hybridized carbons (Fsp3) is 0.789. The fourth-order valence-electron chi connectivity index (χ4n) is 5.33. The standard InChI is InChI=1S/C19H30N6O3/c1-22(2)11-15-13-8-12(14-6-5-7-16(26)25(14)15)9-24(10-13)18(27)17-20-19(28-4)23(3)21-17/h12-15H,5-11H2,1-4H3/t12-,13+,14+,15+/m1/s1. The summed E-state index contributed by atoms with van der Waals surface area (Å²) >= 11 is 0. The molecule has 0 radical (unpaired) electrons. The van der Waals surface area contributed by atoms with Crippen molar-refractivity contribution in [3.63, 3.8) is 0 Å². The number of carbonyl (C=O) groups excluding carboxylic acids is 2. The van der Waals surface area contributed by atoms with Crippen molar-refractivity contribution in [2.75, 3.05) is 40.8 Å². The molecule has 2 bridgehead atoms. The number of nitrogens with zero attached hydrogens (tertiary/aromatic N) is 6. The van der Waals surface area contributed by atoms with Crippen LogP contribution in [0, 0.1) is 11.8 Å². The van der Waals surface area contributed by atoms with Gasteiger partial charge in [0.25, 0.3) is 5.91 Å². The smallest absolute Gasteiger partial charge is 0.314 e. The quantitative estimate of drug-likeness (QED) is 0.732. The van der Waals surface area contributed by atoms with Crippen molar-refractivity contribution in [1.29, 1.82) is 0 Å². The maximum absolute atomic E-state index is 13.1. The first kappa shape index (κ1) is 19.2. The van der Waals surface area contributed by atoms with Crippen molar-refractivity contribution in [3.05, 3.63) is 5.82 Å². The van der Waals surface area contributed by atoms with Crippen LogP contribution in [0.1, 0.15) is 36.3 Å². The zero-order valence-electron chi connectivity index (χ0n) is 17.2. The third kappa shape index (κ3) is 3.25. The summed E-state index contributed by atoms with van der Waals surface area (Å²) in [7, 11) is 7.33. The van der Waals surface area contributed by atoms with Crippen molar-refractivity contribution in [2.45, 2.75) is 37.8 Å². The summed E-state index contributed by atoms with van der Waals surface area (Å²) in [5, 5.41) is 4.23. The number of rotatable bonds is 4. The van der Waals surface area contributed by atoms with Gasteiger partial charge in [0, 0.05) is 45.2 Å². The van der Waals surface area contributed by atoms with Crippen LogP contribution in [-0.4, -0.2) is 94.2 Å². The first-order chi connectivity index (χ1) is 13.4. The van der Waals surface area contributed by atoms with E-state index in [1.54, 1.807) is 7.05 Å². The Morgan fingerprint density at radius 3 is 2.71 bits per heavy atom. The molecule has 1 aromatic heterocycles. The van der Waals surface area contributed by atoms with Crippen LogP contribution in [-0.2, 0) is 11.8 Å². The highest BCUT2D eigenvalue weighted by Crippen LogP contribution is 2.42. The number of ether oxygens (including phenoxy) is 1. The summed E-state index contributed by atoms with van der Waals surface area (Å²) in [4.78, 5) is 36.3. The molecule has 4 atom stereocenters. The largest absolute Gasteiger partial charge is 0.467 e. The number of amides is 2. The first-order valence-electron chi connectivity index (χ1n) is 10.1. The van der Waals surface area contributed by atoms with E-state index in [-0.39, 0.29) is 35.6 Å². The molecule has 3 fully saturated rings. The molecule has 0 aliphatic carbocycles. The highest BCUT2D eigenvalue weighted by Gasteiger charge is 2.50. The number of aryl methyl sites for hydroxylation is 1. The maximum Gasteiger partial charge on any atom is 0.314 e. The number of carbonyl (C=O) groups is 2. The summed E-state index contributed by atoms with van der Waals surface area (Å²) < 4.78 is 6.63. The molecule has 3 aliphatic rings. The van der Waals surface area contributed by atoms with E-state index >= 15 is 0 Å². The van der Waals surface area contributed by atoms with Gasteiger partial charge in [0.2, 0.25) is 11.7 Å². The number of aromatic nitrogens is 3. The third-order valence-electron chi connectivity index (χ3n) is 6.43. The molecule has 0 aromatic carbocycles. The molecule has 28 heavy (non-hydrogen) atoms. The van der Waals surface area contributed by atoms with Crippen LogP contribution >= 0.6 is 0 Å². The molecule has 9 heteroatoms. The van der Waals surface area contributed by atoms with Gasteiger partial charge in [-0.3, -0.25) is 9.59 Å². The molecule has 3 saturated heterocycles. The molecule has 154 valence electrons. The van der Waals surface area contributed by atoms with Crippen LogP contribution in [0.5, 0.6) is 6.01 Å². The topological polar surface area (TPSA) is 83.8 Å². The van der Waals surface area contributed by atoms with Crippen LogP contribution in [0.15, 0.2) is 0 Å². The molecule has 1 aromatic rings. The lowest BCUT2D eigenvalue weighted by Crippen LogP contribution is -2.67. The molecule has 3 aliphatic heterocycles. The molecule has 4 rings (SSSR count). The van der Waals surface area contributed by atoms with Gasteiger partial charge in [-0.25, -0.2) is 4.68 Å². The highest BCUT2D eigenvalue weighted by molar-refractivity contribution is 5.90. The second kappa shape index (κ2) is 7.35. The Labute approximate surface area is 165 Å². The van der Waals surface area contributed by atoms with Crippen molar-refractivity contribution in [1.82, 2.24) is 29.5 Å². The van der Waals surface area contributed by atoms with Gasteiger partial charge in [0.1, 0.15) is 0 Å². The van der Waals surface area contributed by atoms with Gasteiger partial charge in [-0.05, 0) is 45.2 Å². The number of likely N-dealkylation sites (tertiary alicyclic amines) is 1. The number of fused-ring (bicyclic) bond motifs is 4. The van der Waals surface area contributed by atoms with Gasteiger partial charge < -0.3 is 19.4 Å². The summed E-state index contributed by atoms with van der Waals surface area (Å²) in [5.41, 5.74) is 0. The van der Waals surface area contributed by atoms with Crippen molar-refractivity contribution < 1.29 is 14.3 Å². The van der Waals surface area contributed by atoms with E-state index in [1.165, 1.54) is 11.8 Å². The lowest BCUT2D eigenvalue weighted by molar-refractivity contribution is -0.152. The average molecular weight is 390 g/mol. The summed E-state index contributed by atoms with van der Waals surface area (Å²) in [6.45, 7) is 2.14.